The van der Waals surface area contributed by atoms with Gasteiger partial charge in [-0.25, -0.2) is 0 Å². The number of carbonyl (C=O) groups is 1. The van der Waals surface area contributed by atoms with Crippen molar-refractivity contribution in [1.82, 2.24) is 4.90 Å². The molecule has 5 rings (SSSR count). The third-order valence-corrected chi connectivity index (χ3v) is 6.19. The van der Waals surface area contributed by atoms with Crippen molar-refractivity contribution in [2.24, 2.45) is 11.3 Å². The van der Waals surface area contributed by atoms with Gasteiger partial charge in [0.2, 0.25) is 6.79 Å². The molecule has 3 atom stereocenters. The molecule has 0 aromatic heterocycles. The molecule has 29 heavy (non-hydrogen) atoms. The number of hydrogen-bond acceptors (Lipinski definition) is 7. The first-order valence-electron chi connectivity index (χ1n) is 9.46. The predicted molar refractivity (Wildman–Crippen MR) is 98.9 cm³/mol. The van der Waals surface area contributed by atoms with Crippen molar-refractivity contribution < 1.29 is 14.3 Å². The Labute approximate surface area is 167 Å². The second kappa shape index (κ2) is 6.12. The Kier molecular flexibility index (Phi) is 3.66. The highest BCUT2D eigenvalue weighted by Gasteiger charge is 2.63. The van der Waals surface area contributed by atoms with Crippen LogP contribution in [0, 0.1) is 45.3 Å². The van der Waals surface area contributed by atoms with Gasteiger partial charge in [-0.3, -0.25) is 4.79 Å². The van der Waals surface area contributed by atoms with Crippen LogP contribution in [0.15, 0.2) is 42.1 Å². The summed E-state index contributed by atoms with van der Waals surface area (Å²) < 4.78 is 10.9. The topological polar surface area (TPSA) is 110 Å². The summed E-state index contributed by atoms with van der Waals surface area (Å²) in [6.45, 7) is 0.112. The van der Waals surface area contributed by atoms with Crippen molar-refractivity contribution in [3.05, 3.63) is 47.7 Å². The number of nitrogens with zero attached hydrogens (tertiary/aromatic N) is 4. The van der Waals surface area contributed by atoms with Crippen LogP contribution in [-0.4, -0.2) is 29.6 Å². The summed E-state index contributed by atoms with van der Waals surface area (Å²) in [4.78, 5) is 15.1. The zero-order valence-corrected chi connectivity index (χ0v) is 15.4. The summed E-state index contributed by atoms with van der Waals surface area (Å²) in [6, 6.07) is 10.6. The van der Waals surface area contributed by atoms with Crippen molar-refractivity contribution in [2.75, 3.05) is 6.79 Å². The molecule has 0 bridgehead atoms. The molecule has 3 aliphatic heterocycles. The summed E-state index contributed by atoms with van der Waals surface area (Å²) in [5.41, 5.74) is -0.395. The largest absolute Gasteiger partial charge is 0.454 e. The Morgan fingerprint density at radius 3 is 2.59 bits per heavy atom. The minimum Gasteiger partial charge on any atom is -0.454 e. The van der Waals surface area contributed by atoms with Crippen LogP contribution >= 0.6 is 0 Å². The molecule has 7 nitrogen and oxygen atoms in total. The highest BCUT2D eigenvalue weighted by Crippen LogP contribution is 2.55. The lowest BCUT2D eigenvalue weighted by Crippen LogP contribution is -2.40. The number of fused-ring (bicyclic) bond motifs is 2. The number of nitriles is 3. The van der Waals surface area contributed by atoms with Crippen molar-refractivity contribution in [3.8, 4) is 29.7 Å². The lowest BCUT2D eigenvalue weighted by atomic mass is 9.69. The third kappa shape index (κ3) is 2.36. The summed E-state index contributed by atoms with van der Waals surface area (Å²) >= 11 is 0. The second-order valence-corrected chi connectivity index (χ2v) is 7.75. The monoisotopic (exact) mass is 384 g/mol. The van der Waals surface area contributed by atoms with Gasteiger partial charge in [-0.15, -0.1) is 0 Å². The number of rotatable bonds is 3. The Morgan fingerprint density at radius 2 is 1.90 bits per heavy atom. The van der Waals surface area contributed by atoms with Gasteiger partial charge in [0, 0.05) is 18.0 Å². The van der Waals surface area contributed by atoms with Gasteiger partial charge in [0.1, 0.15) is 6.07 Å². The molecule has 0 spiro atoms. The van der Waals surface area contributed by atoms with E-state index in [0.717, 1.165) is 12.8 Å². The molecule has 4 aliphatic rings. The molecule has 0 amide bonds. The van der Waals surface area contributed by atoms with E-state index < -0.39 is 23.4 Å². The highest BCUT2D eigenvalue weighted by molar-refractivity contribution is 5.90. The van der Waals surface area contributed by atoms with Gasteiger partial charge < -0.3 is 14.4 Å². The molecule has 7 heteroatoms. The molecule has 142 valence electrons. The summed E-state index contributed by atoms with van der Waals surface area (Å²) in [6.07, 6.45) is 6.57. The molecule has 0 unspecified atom stereocenters. The number of allylic oxidation sites excluding steroid dienone is 2. The molecule has 1 aromatic carbocycles. The van der Waals surface area contributed by atoms with E-state index in [1.807, 2.05) is 0 Å². The Hall–Kier alpha value is -3.76. The first-order chi connectivity index (χ1) is 14.1. The molecule has 1 aliphatic carbocycles. The van der Waals surface area contributed by atoms with Gasteiger partial charge in [0.25, 0.3) is 0 Å². The summed E-state index contributed by atoms with van der Waals surface area (Å²) in [5.74, 6) is 0.423. The van der Waals surface area contributed by atoms with Gasteiger partial charge in [-0.05, 0) is 36.6 Å². The number of ether oxygens (including phenoxy) is 2. The lowest BCUT2D eigenvalue weighted by Gasteiger charge is -2.30. The maximum atomic E-state index is 13.3. The van der Waals surface area contributed by atoms with Crippen LogP contribution in [0.5, 0.6) is 11.5 Å². The van der Waals surface area contributed by atoms with Gasteiger partial charge in [-0.2, -0.15) is 15.8 Å². The van der Waals surface area contributed by atoms with E-state index in [9.17, 15) is 20.6 Å². The maximum Gasteiger partial charge on any atom is 0.231 e. The second-order valence-electron chi connectivity index (χ2n) is 7.75. The zero-order valence-electron chi connectivity index (χ0n) is 15.4. The quantitative estimate of drug-likeness (QED) is 0.787. The van der Waals surface area contributed by atoms with E-state index in [4.69, 9.17) is 9.47 Å². The van der Waals surface area contributed by atoms with Crippen LogP contribution in [0.3, 0.4) is 0 Å². The average molecular weight is 384 g/mol. The van der Waals surface area contributed by atoms with E-state index >= 15 is 0 Å². The van der Waals surface area contributed by atoms with Crippen LogP contribution in [0.25, 0.3) is 0 Å². The summed E-state index contributed by atoms with van der Waals surface area (Å²) in [7, 11) is 0. The molecular weight excluding hydrogens is 368 g/mol. The molecule has 3 heterocycles. The minimum atomic E-state index is -1.48. The molecule has 0 radical (unpaired) electrons. The molecule has 2 fully saturated rings. The van der Waals surface area contributed by atoms with E-state index in [-0.39, 0.29) is 18.5 Å². The van der Waals surface area contributed by atoms with Crippen LogP contribution in [-0.2, 0) is 4.79 Å². The standard InChI is InChI=1S/C22H16N4O3/c23-8-13-1-6-18-22(10-24,11-25)19(15-4-5-16-17(7-15)29-12-28-16)20(26(18)9-13)21(27)14-2-3-14/h1,4-7,9,14,18-20H,2-3,12H2/t18-,19+,20+/m1/s1. The summed E-state index contributed by atoms with van der Waals surface area (Å²) in [5, 5.41) is 29.7. The van der Waals surface area contributed by atoms with Crippen LogP contribution < -0.4 is 9.47 Å². The van der Waals surface area contributed by atoms with Crippen molar-refractivity contribution in [1.29, 1.82) is 15.8 Å². The van der Waals surface area contributed by atoms with Crippen molar-refractivity contribution in [2.45, 2.75) is 30.8 Å². The Bertz CT molecular complexity index is 1080. The third-order valence-electron chi connectivity index (χ3n) is 6.19. The maximum absolute atomic E-state index is 13.3. The lowest BCUT2D eigenvalue weighted by molar-refractivity contribution is -0.124. The smallest absolute Gasteiger partial charge is 0.231 e. The van der Waals surface area contributed by atoms with Gasteiger partial charge in [-0.1, -0.05) is 12.1 Å². The number of carbonyl (C=O) groups excluding carboxylic acids is 1. The fraction of sp³-hybridized carbons (Fsp3) is 0.364. The molecular formula is C22H16N4O3. The highest BCUT2D eigenvalue weighted by atomic mass is 16.7. The van der Waals surface area contributed by atoms with Gasteiger partial charge in [0.15, 0.2) is 22.7 Å². The van der Waals surface area contributed by atoms with Gasteiger partial charge >= 0.3 is 0 Å². The number of ketones is 1. The number of hydrogen-bond donors (Lipinski definition) is 0. The number of benzene rings is 1. The van der Waals surface area contributed by atoms with Gasteiger partial charge in [0.05, 0.1) is 29.8 Å². The van der Waals surface area contributed by atoms with Crippen LogP contribution in [0.1, 0.15) is 24.3 Å². The van der Waals surface area contributed by atoms with E-state index in [1.54, 1.807) is 41.5 Å². The minimum absolute atomic E-state index is 0.0221. The fourth-order valence-electron chi connectivity index (χ4n) is 4.66. The first-order valence-corrected chi connectivity index (χ1v) is 9.46. The SMILES string of the molecule is N#CC1=CN2[C@H](C(=O)C3CC3)[C@H](c3ccc4c(c3)OCO4)C(C#N)(C#N)[C@H]2C=C1. The normalized spacial score (nSPS) is 28.0. The Morgan fingerprint density at radius 1 is 1.14 bits per heavy atom. The van der Waals surface area contributed by atoms with Crippen molar-refractivity contribution >= 4 is 5.78 Å². The van der Waals surface area contributed by atoms with Crippen LogP contribution in [0.2, 0.25) is 0 Å². The first kappa shape index (κ1) is 17.3. The predicted octanol–water partition coefficient (Wildman–Crippen LogP) is 2.54. The molecule has 0 N–H and O–H groups in total. The Balaban J connectivity index is 1.71. The van der Waals surface area contributed by atoms with E-state index in [1.165, 1.54) is 0 Å². The average Bonchev–Trinajstić information content (AvgIpc) is 3.43. The molecule has 1 saturated heterocycles. The van der Waals surface area contributed by atoms with Crippen LogP contribution in [0.4, 0.5) is 0 Å². The molecule has 1 aromatic rings. The molecule has 1 saturated carbocycles. The van der Waals surface area contributed by atoms with E-state index in [0.29, 0.717) is 22.6 Å². The van der Waals surface area contributed by atoms with E-state index in [2.05, 4.69) is 18.2 Å². The fourth-order valence-corrected chi connectivity index (χ4v) is 4.66. The van der Waals surface area contributed by atoms with Crippen molar-refractivity contribution in [3.63, 3.8) is 0 Å². The zero-order chi connectivity index (χ0) is 20.2. The number of Topliss-reactive ketones (excluding diaryl/α,β-unsaturated/α-hetero) is 1.